The summed E-state index contributed by atoms with van der Waals surface area (Å²) in [4.78, 5) is 12.3. The lowest BCUT2D eigenvalue weighted by atomic mass is 10.0. The Morgan fingerprint density at radius 3 is 2.42 bits per heavy atom. The van der Waals surface area contributed by atoms with E-state index in [1.54, 1.807) is 0 Å². The highest BCUT2D eigenvalue weighted by Crippen LogP contribution is 2.29. The third kappa shape index (κ3) is 4.68. The van der Waals surface area contributed by atoms with Gasteiger partial charge < -0.3 is 9.80 Å². The van der Waals surface area contributed by atoms with Gasteiger partial charge in [0.15, 0.2) is 9.84 Å². The van der Waals surface area contributed by atoms with E-state index in [0.29, 0.717) is 6.54 Å². The van der Waals surface area contributed by atoms with E-state index in [1.807, 2.05) is 0 Å². The van der Waals surface area contributed by atoms with Crippen LogP contribution in [0.25, 0.3) is 0 Å². The molecule has 0 saturated carbocycles. The number of nitrogens with zero attached hydrogens (tertiary/aromatic N) is 1. The second-order valence-corrected chi connectivity index (χ2v) is 11.3. The van der Waals surface area contributed by atoms with Gasteiger partial charge in [0.1, 0.15) is 5.25 Å². The van der Waals surface area contributed by atoms with E-state index < -0.39 is 42.2 Å². The Morgan fingerprint density at radius 2 is 1.88 bits per heavy atom. The van der Waals surface area contributed by atoms with Gasteiger partial charge in [-0.25, -0.2) is 8.42 Å². The van der Waals surface area contributed by atoms with Crippen molar-refractivity contribution in [2.24, 2.45) is 0 Å². The van der Waals surface area contributed by atoms with E-state index in [1.165, 1.54) is 13.3 Å². The molecule has 2 N–H and O–H groups in total. The van der Waals surface area contributed by atoms with Crippen molar-refractivity contribution in [1.29, 1.82) is 0 Å². The molecule has 2 aliphatic heterocycles. The standard InChI is InChI=1S/C14H26N2O6S2/c1-14(11-23(18,19)10-12(14)24(20,21)22)15-13(17)6-9-16(2)7-4-3-5-8-16/h12H,3-11H2,1-2H3,(H-,15,17,20,21,22)/p+1/t12-,14+/m1/s1. The van der Waals surface area contributed by atoms with Crippen molar-refractivity contribution in [3.8, 4) is 0 Å². The molecule has 0 radical (unpaired) electrons. The Hall–Kier alpha value is -0.710. The van der Waals surface area contributed by atoms with Gasteiger partial charge in [0.2, 0.25) is 5.91 Å². The van der Waals surface area contributed by atoms with Gasteiger partial charge >= 0.3 is 0 Å². The molecule has 2 fully saturated rings. The second kappa shape index (κ2) is 6.54. The quantitative estimate of drug-likeness (QED) is 0.491. The van der Waals surface area contributed by atoms with Gasteiger partial charge in [-0.15, -0.1) is 0 Å². The minimum absolute atomic E-state index is 0.199. The summed E-state index contributed by atoms with van der Waals surface area (Å²) in [5, 5.41) is 1.03. The van der Waals surface area contributed by atoms with Gasteiger partial charge in [0, 0.05) is 0 Å². The number of nitrogens with one attached hydrogen (secondary N) is 1. The Morgan fingerprint density at radius 1 is 1.29 bits per heavy atom. The highest BCUT2D eigenvalue weighted by molar-refractivity contribution is 7.94. The largest absolute Gasteiger partial charge is 0.348 e. The molecule has 2 atom stereocenters. The number of carbonyl (C=O) groups is 1. The van der Waals surface area contributed by atoms with Crippen LogP contribution < -0.4 is 5.32 Å². The van der Waals surface area contributed by atoms with Crippen molar-refractivity contribution in [3.05, 3.63) is 0 Å². The van der Waals surface area contributed by atoms with E-state index in [9.17, 15) is 26.2 Å². The molecule has 0 aliphatic carbocycles. The van der Waals surface area contributed by atoms with E-state index in [0.717, 1.165) is 30.4 Å². The third-order valence-corrected chi connectivity index (χ3v) is 8.69. The lowest BCUT2D eigenvalue weighted by Gasteiger charge is -2.38. The molecule has 0 spiro atoms. The lowest BCUT2D eigenvalue weighted by Crippen LogP contribution is -2.57. The number of hydrogen-bond donors (Lipinski definition) is 2. The highest BCUT2D eigenvalue weighted by atomic mass is 32.2. The molecule has 140 valence electrons. The van der Waals surface area contributed by atoms with Gasteiger partial charge in [0.25, 0.3) is 10.1 Å². The fourth-order valence-corrected chi connectivity index (χ4v) is 8.16. The molecule has 2 heterocycles. The van der Waals surface area contributed by atoms with Crippen LogP contribution in [0.5, 0.6) is 0 Å². The summed E-state index contributed by atoms with van der Waals surface area (Å²) in [6.45, 7) is 4.01. The molecular weight excluding hydrogens is 356 g/mol. The van der Waals surface area contributed by atoms with Gasteiger partial charge in [-0.1, -0.05) is 0 Å². The molecule has 0 aromatic rings. The van der Waals surface area contributed by atoms with Crippen LogP contribution in [0.2, 0.25) is 0 Å². The maximum atomic E-state index is 12.3. The minimum Gasteiger partial charge on any atom is -0.348 e. The first-order valence-corrected chi connectivity index (χ1v) is 11.5. The Labute approximate surface area is 143 Å². The molecule has 2 aliphatic rings. The molecule has 1 amide bonds. The SMILES string of the molecule is C[C@]1(NC(=O)CC[N+]2(C)CCCCC2)CS(=O)(=O)C[C@H]1S(=O)(=O)O. The molecule has 2 rings (SSSR count). The van der Waals surface area contributed by atoms with Crippen molar-refractivity contribution in [2.75, 3.05) is 38.2 Å². The number of likely N-dealkylation sites (tertiary alicyclic amines) is 1. The molecule has 0 aromatic carbocycles. The van der Waals surface area contributed by atoms with E-state index >= 15 is 0 Å². The predicted molar refractivity (Wildman–Crippen MR) is 89.8 cm³/mol. The van der Waals surface area contributed by atoms with Crippen molar-refractivity contribution in [3.63, 3.8) is 0 Å². The molecule has 0 bridgehead atoms. The minimum atomic E-state index is -4.57. The van der Waals surface area contributed by atoms with Gasteiger partial charge in [-0.3, -0.25) is 9.35 Å². The number of hydrogen-bond acceptors (Lipinski definition) is 5. The highest BCUT2D eigenvalue weighted by Gasteiger charge is 2.54. The summed E-state index contributed by atoms with van der Waals surface area (Å²) < 4.78 is 56.8. The van der Waals surface area contributed by atoms with E-state index in [2.05, 4.69) is 12.4 Å². The third-order valence-electron chi connectivity index (χ3n) is 5.19. The van der Waals surface area contributed by atoms with Crippen LogP contribution in [0.4, 0.5) is 0 Å². The number of amides is 1. The van der Waals surface area contributed by atoms with E-state index in [-0.39, 0.29) is 12.3 Å². The summed E-state index contributed by atoms with van der Waals surface area (Å²) >= 11 is 0. The first-order chi connectivity index (χ1) is 10.9. The lowest BCUT2D eigenvalue weighted by molar-refractivity contribution is -0.913. The monoisotopic (exact) mass is 383 g/mol. The normalized spacial score (nSPS) is 32.4. The molecule has 0 unspecified atom stereocenters. The smallest absolute Gasteiger partial charge is 0.271 e. The molecular formula is C14H27N2O6S2+. The maximum Gasteiger partial charge on any atom is 0.271 e. The first-order valence-electron chi connectivity index (χ1n) is 8.17. The average Bonchev–Trinajstić information content (AvgIpc) is 2.67. The summed E-state index contributed by atoms with van der Waals surface area (Å²) in [6.07, 6.45) is 3.65. The topological polar surface area (TPSA) is 118 Å². The first kappa shape index (κ1) is 19.6. The van der Waals surface area contributed by atoms with Crippen molar-refractivity contribution < 1.29 is 30.7 Å². The maximum absolute atomic E-state index is 12.3. The van der Waals surface area contributed by atoms with Crippen LogP contribution in [-0.2, 0) is 24.7 Å². The van der Waals surface area contributed by atoms with Crippen LogP contribution in [0.15, 0.2) is 0 Å². The van der Waals surface area contributed by atoms with Gasteiger partial charge in [-0.2, -0.15) is 8.42 Å². The fourth-order valence-electron chi connectivity index (χ4n) is 3.81. The van der Waals surface area contributed by atoms with Gasteiger partial charge in [0.05, 0.1) is 50.1 Å². The molecule has 10 heteroatoms. The number of sulfone groups is 1. The Kier molecular flexibility index (Phi) is 5.35. The van der Waals surface area contributed by atoms with E-state index in [4.69, 9.17) is 0 Å². The molecule has 8 nitrogen and oxygen atoms in total. The molecule has 2 saturated heterocycles. The Bertz CT molecular complexity index is 697. The summed E-state index contributed by atoms with van der Waals surface area (Å²) in [7, 11) is -6.12. The summed E-state index contributed by atoms with van der Waals surface area (Å²) in [6, 6.07) is 0. The van der Waals surface area contributed by atoms with Crippen LogP contribution in [-0.4, -0.2) is 80.8 Å². The van der Waals surface area contributed by atoms with Crippen LogP contribution >= 0.6 is 0 Å². The van der Waals surface area contributed by atoms with Crippen LogP contribution in [0.3, 0.4) is 0 Å². The van der Waals surface area contributed by atoms with Crippen LogP contribution in [0, 0.1) is 0 Å². The fraction of sp³-hybridized carbons (Fsp3) is 0.929. The number of rotatable bonds is 5. The molecule has 0 aromatic heterocycles. The van der Waals surface area contributed by atoms with Crippen molar-refractivity contribution >= 4 is 25.9 Å². The Balaban J connectivity index is 2.03. The second-order valence-electron chi connectivity index (χ2n) is 7.62. The zero-order valence-corrected chi connectivity index (χ0v) is 15.8. The zero-order chi connectivity index (χ0) is 18.2. The molecule has 24 heavy (non-hydrogen) atoms. The van der Waals surface area contributed by atoms with Crippen molar-refractivity contribution in [2.45, 2.75) is 43.4 Å². The van der Waals surface area contributed by atoms with Gasteiger partial charge in [-0.05, 0) is 26.2 Å². The summed E-state index contributed by atoms with van der Waals surface area (Å²) in [5.41, 5.74) is -1.50. The zero-order valence-electron chi connectivity index (χ0n) is 14.2. The summed E-state index contributed by atoms with van der Waals surface area (Å²) in [5.74, 6) is -1.54. The predicted octanol–water partition coefficient (Wildman–Crippen LogP) is -0.433. The number of quaternary nitrogens is 1. The average molecular weight is 384 g/mol. The number of piperidine rings is 1. The number of carbonyl (C=O) groups excluding carboxylic acids is 1. The van der Waals surface area contributed by atoms with Crippen molar-refractivity contribution in [1.82, 2.24) is 5.32 Å². The van der Waals surface area contributed by atoms with Crippen LogP contribution in [0.1, 0.15) is 32.6 Å².